The quantitative estimate of drug-likeness (QED) is 0.654. The van der Waals surface area contributed by atoms with Crippen LogP contribution in [0.5, 0.6) is 11.5 Å². The van der Waals surface area contributed by atoms with Gasteiger partial charge in [0.05, 0.1) is 12.7 Å². The van der Waals surface area contributed by atoms with Gasteiger partial charge in [-0.2, -0.15) is 0 Å². The van der Waals surface area contributed by atoms with Crippen LogP contribution in [0.2, 0.25) is 0 Å². The highest BCUT2D eigenvalue weighted by Crippen LogP contribution is 2.33. The fourth-order valence-corrected chi connectivity index (χ4v) is 1.45. The molecule has 0 unspecified atom stereocenters. The van der Waals surface area contributed by atoms with Gasteiger partial charge < -0.3 is 9.47 Å². The van der Waals surface area contributed by atoms with Crippen LogP contribution in [0.4, 0.5) is 0 Å². The van der Waals surface area contributed by atoms with Gasteiger partial charge in [-0.25, -0.2) is 0 Å². The predicted molar refractivity (Wildman–Crippen MR) is 52.1 cm³/mol. The Bertz CT molecular complexity index is 353. The Morgan fingerprint density at radius 3 is 3.00 bits per heavy atom. The minimum absolute atomic E-state index is 0.681. The van der Waals surface area contributed by atoms with Gasteiger partial charge in [-0.15, -0.1) is 0 Å². The van der Waals surface area contributed by atoms with Gasteiger partial charge in [-0.1, -0.05) is 6.07 Å². The lowest BCUT2D eigenvalue weighted by molar-refractivity contribution is 0.341. The first-order valence-electron chi connectivity index (χ1n) is 4.28. The first kappa shape index (κ1) is 8.17. The van der Waals surface area contributed by atoms with Crippen molar-refractivity contribution in [3.8, 4) is 11.5 Å². The molecule has 2 nitrogen and oxygen atoms in total. The number of benzene rings is 1. The Morgan fingerprint density at radius 2 is 2.23 bits per heavy atom. The van der Waals surface area contributed by atoms with E-state index in [0.29, 0.717) is 6.61 Å². The molecule has 0 bridgehead atoms. The molecule has 0 atom stereocenters. The van der Waals surface area contributed by atoms with Crippen molar-refractivity contribution in [1.82, 2.24) is 0 Å². The summed E-state index contributed by atoms with van der Waals surface area (Å²) in [4.78, 5) is 0. The van der Waals surface area contributed by atoms with Gasteiger partial charge >= 0.3 is 0 Å². The summed E-state index contributed by atoms with van der Waals surface area (Å²) in [5, 5.41) is 0. The van der Waals surface area contributed by atoms with Crippen molar-refractivity contribution in [2.75, 3.05) is 13.7 Å². The van der Waals surface area contributed by atoms with E-state index < -0.39 is 0 Å². The number of hydrogen-bond donors (Lipinski definition) is 0. The van der Waals surface area contributed by atoms with Crippen LogP contribution in [-0.4, -0.2) is 13.7 Å². The second kappa shape index (κ2) is 3.13. The Hall–Kier alpha value is -1.44. The second-order valence-corrected chi connectivity index (χ2v) is 3.15. The van der Waals surface area contributed by atoms with E-state index in [2.05, 4.69) is 13.0 Å². The number of ether oxygens (including phenoxy) is 2. The molecule has 1 heterocycles. The molecule has 0 radical (unpaired) electrons. The molecule has 2 heteroatoms. The Kier molecular flexibility index (Phi) is 1.97. The van der Waals surface area contributed by atoms with E-state index in [4.69, 9.17) is 9.47 Å². The molecular weight excluding hydrogens is 164 g/mol. The maximum Gasteiger partial charge on any atom is 0.130 e. The summed E-state index contributed by atoms with van der Waals surface area (Å²) in [6.45, 7) is 2.73. The van der Waals surface area contributed by atoms with E-state index in [-0.39, 0.29) is 0 Å². The molecule has 13 heavy (non-hydrogen) atoms. The van der Waals surface area contributed by atoms with Crippen LogP contribution in [0.3, 0.4) is 0 Å². The third-order valence-corrected chi connectivity index (χ3v) is 2.09. The molecule has 0 aromatic heterocycles. The van der Waals surface area contributed by atoms with Gasteiger partial charge in [0.1, 0.15) is 18.1 Å². The molecule has 1 aliphatic rings. The van der Waals surface area contributed by atoms with Crippen molar-refractivity contribution < 1.29 is 9.47 Å². The maximum absolute atomic E-state index is 5.53. The lowest BCUT2D eigenvalue weighted by Crippen LogP contribution is -2.05. The second-order valence-electron chi connectivity index (χ2n) is 3.15. The van der Waals surface area contributed by atoms with Crippen LogP contribution in [0, 0.1) is 0 Å². The smallest absolute Gasteiger partial charge is 0.130 e. The van der Waals surface area contributed by atoms with Gasteiger partial charge in [0, 0.05) is 0 Å². The first-order chi connectivity index (χ1) is 6.31. The zero-order valence-electron chi connectivity index (χ0n) is 7.83. The summed E-state index contributed by atoms with van der Waals surface area (Å²) >= 11 is 0. The van der Waals surface area contributed by atoms with Crippen molar-refractivity contribution in [2.45, 2.75) is 6.92 Å². The number of rotatable bonds is 1. The van der Waals surface area contributed by atoms with Gasteiger partial charge in [0.2, 0.25) is 0 Å². The molecule has 0 spiro atoms. The summed E-state index contributed by atoms with van der Waals surface area (Å²) < 4.78 is 10.8. The molecule has 0 saturated heterocycles. The molecule has 68 valence electrons. The standard InChI is InChI=1S/C11H12O2/c1-8-6-9-10(12-2)4-3-5-11(9)13-7-8/h3-6H,7H2,1-2H3. The summed E-state index contributed by atoms with van der Waals surface area (Å²) in [7, 11) is 1.67. The largest absolute Gasteiger partial charge is 0.496 e. The van der Waals surface area contributed by atoms with Crippen LogP contribution >= 0.6 is 0 Å². The number of fused-ring (bicyclic) bond motifs is 1. The van der Waals surface area contributed by atoms with Crippen molar-refractivity contribution in [2.24, 2.45) is 0 Å². The van der Waals surface area contributed by atoms with Gasteiger partial charge in [0.15, 0.2) is 0 Å². The highest BCUT2D eigenvalue weighted by atomic mass is 16.5. The topological polar surface area (TPSA) is 18.5 Å². The number of hydrogen-bond acceptors (Lipinski definition) is 2. The Labute approximate surface area is 77.8 Å². The van der Waals surface area contributed by atoms with Crippen molar-refractivity contribution in [3.63, 3.8) is 0 Å². The minimum Gasteiger partial charge on any atom is -0.496 e. The average molecular weight is 176 g/mol. The third-order valence-electron chi connectivity index (χ3n) is 2.09. The highest BCUT2D eigenvalue weighted by molar-refractivity contribution is 5.67. The van der Waals surface area contributed by atoms with E-state index in [1.165, 1.54) is 5.57 Å². The van der Waals surface area contributed by atoms with Crippen molar-refractivity contribution in [1.29, 1.82) is 0 Å². The lowest BCUT2D eigenvalue weighted by atomic mass is 10.1. The molecule has 1 aromatic carbocycles. The average Bonchev–Trinajstić information content (AvgIpc) is 2.17. The molecule has 2 rings (SSSR count). The summed E-state index contributed by atoms with van der Waals surface area (Å²) in [5.74, 6) is 1.78. The number of methoxy groups -OCH3 is 1. The van der Waals surface area contributed by atoms with E-state index in [0.717, 1.165) is 17.1 Å². The van der Waals surface area contributed by atoms with E-state index >= 15 is 0 Å². The first-order valence-corrected chi connectivity index (χ1v) is 4.28. The van der Waals surface area contributed by atoms with Crippen LogP contribution in [0.25, 0.3) is 6.08 Å². The van der Waals surface area contributed by atoms with E-state index in [1.807, 2.05) is 18.2 Å². The predicted octanol–water partition coefficient (Wildman–Crippen LogP) is 2.49. The minimum atomic E-state index is 0.681. The fraction of sp³-hybridized carbons (Fsp3) is 0.273. The molecule has 1 aliphatic heterocycles. The van der Waals surface area contributed by atoms with Crippen molar-refractivity contribution >= 4 is 6.08 Å². The monoisotopic (exact) mass is 176 g/mol. The van der Waals surface area contributed by atoms with Crippen LogP contribution < -0.4 is 9.47 Å². The summed E-state index contributed by atoms with van der Waals surface area (Å²) in [6.07, 6.45) is 2.11. The zero-order valence-corrected chi connectivity index (χ0v) is 7.83. The van der Waals surface area contributed by atoms with E-state index in [9.17, 15) is 0 Å². The van der Waals surface area contributed by atoms with Crippen LogP contribution in [0.1, 0.15) is 12.5 Å². The normalized spacial score (nSPS) is 14.2. The molecule has 0 amide bonds. The summed E-state index contributed by atoms with van der Waals surface area (Å²) in [5.41, 5.74) is 2.27. The van der Waals surface area contributed by atoms with Gasteiger partial charge in [0.25, 0.3) is 0 Å². The SMILES string of the molecule is COc1cccc2c1C=C(C)CO2. The Morgan fingerprint density at radius 1 is 1.38 bits per heavy atom. The molecule has 0 saturated carbocycles. The lowest BCUT2D eigenvalue weighted by Gasteiger charge is -2.17. The highest BCUT2D eigenvalue weighted by Gasteiger charge is 2.12. The maximum atomic E-state index is 5.53. The van der Waals surface area contributed by atoms with Gasteiger partial charge in [-0.3, -0.25) is 0 Å². The van der Waals surface area contributed by atoms with Crippen LogP contribution in [-0.2, 0) is 0 Å². The molecule has 1 aromatic rings. The van der Waals surface area contributed by atoms with Crippen molar-refractivity contribution in [3.05, 3.63) is 29.3 Å². The molecular formula is C11H12O2. The molecule has 0 aliphatic carbocycles. The van der Waals surface area contributed by atoms with E-state index in [1.54, 1.807) is 7.11 Å². The third kappa shape index (κ3) is 1.39. The zero-order chi connectivity index (χ0) is 9.26. The van der Waals surface area contributed by atoms with Gasteiger partial charge in [-0.05, 0) is 30.7 Å². The summed E-state index contributed by atoms with van der Waals surface area (Å²) in [6, 6.07) is 5.84. The Balaban J connectivity index is 2.55. The molecule has 0 N–H and O–H groups in total. The fourth-order valence-electron chi connectivity index (χ4n) is 1.45. The van der Waals surface area contributed by atoms with Crippen LogP contribution in [0.15, 0.2) is 23.8 Å². The molecule has 0 fully saturated rings.